The van der Waals surface area contributed by atoms with Crippen LogP contribution in [-0.2, 0) is 0 Å². The first-order valence-electron chi connectivity index (χ1n) is 6.54. The maximum atomic E-state index is 6.29. The summed E-state index contributed by atoms with van der Waals surface area (Å²) in [5, 5.41) is 4.44. The van der Waals surface area contributed by atoms with E-state index >= 15 is 0 Å². The van der Waals surface area contributed by atoms with E-state index in [-0.39, 0.29) is 0 Å². The number of hydrogen-bond donors (Lipinski definition) is 1. The summed E-state index contributed by atoms with van der Waals surface area (Å²) in [5.74, 6) is 3.88. The van der Waals surface area contributed by atoms with Gasteiger partial charge in [-0.2, -0.15) is 11.8 Å². The third-order valence-electron chi connectivity index (χ3n) is 3.24. The van der Waals surface area contributed by atoms with Crippen molar-refractivity contribution in [3.8, 4) is 0 Å². The van der Waals surface area contributed by atoms with Crippen molar-refractivity contribution in [2.45, 2.75) is 25.8 Å². The molecular weight excluding hydrogens is 301 g/mol. The summed E-state index contributed by atoms with van der Waals surface area (Å²) >= 11 is 14.4. The summed E-state index contributed by atoms with van der Waals surface area (Å²) in [6, 6.07) is 2.29. The quantitative estimate of drug-likeness (QED) is 0.882. The first-order valence-corrected chi connectivity index (χ1v) is 8.45. The predicted octanol–water partition coefficient (Wildman–Crippen LogP) is 4.15. The third-order valence-corrected chi connectivity index (χ3v) is 4.95. The molecule has 3 nitrogen and oxygen atoms in total. The lowest BCUT2D eigenvalue weighted by molar-refractivity contribution is 0.692. The molecule has 1 N–H and O–H groups in total. The maximum Gasteiger partial charge on any atom is 0.149 e. The number of nitrogens with zero attached hydrogens (tertiary/aromatic N) is 2. The Kier molecular flexibility index (Phi) is 5.48. The first-order chi connectivity index (χ1) is 9.13. The first kappa shape index (κ1) is 15.1. The SMILES string of the molecule is CCCNc1nc(N(C)C2CCSC2)c(Cl)cc1Cl. The molecule has 1 aromatic heterocycles. The molecule has 0 bridgehead atoms. The van der Waals surface area contributed by atoms with Gasteiger partial charge in [-0.25, -0.2) is 4.98 Å². The van der Waals surface area contributed by atoms with Gasteiger partial charge in [0.2, 0.25) is 0 Å². The van der Waals surface area contributed by atoms with Crippen molar-refractivity contribution in [3.05, 3.63) is 16.1 Å². The van der Waals surface area contributed by atoms with E-state index in [1.807, 2.05) is 11.8 Å². The Morgan fingerprint density at radius 3 is 2.89 bits per heavy atom. The van der Waals surface area contributed by atoms with Gasteiger partial charge in [0.05, 0.1) is 10.0 Å². The van der Waals surface area contributed by atoms with Crippen LogP contribution < -0.4 is 10.2 Å². The highest BCUT2D eigenvalue weighted by Gasteiger charge is 2.23. The summed E-state index contributed by atoms with van der Waals surface area (Å²) in [7, 11) is 2.06. The average Bonchev–Trinajstić information content (AvgIpc) is 2.91. The molecule has 1 aromatic rings. The van der Waals surface area contributed by atoms with Crippen molar-refractivity contribution in [2.24, 2.45) is 0 Å². The van der Waals surface area contributed by atoms with Crippen LogP contribution in [0.15, 0.2) is 6.07 Å². The smallest absolute Gasteiger partial charge is 0.149 e. The Balaban J connectivity index is 2.22. The van der Waals surface area contributed by atoms with Crippen molar-refractivity contribution >= 4 is 46.6 Å². The summed E-state index contributed by atoms with van der Waals surface area (Å²) in [5.41, 5.74) is 0. The van der Waals surface area contributed by atoms with E-state index in [0.29, 0.717) is 16.1 Å². The van der Waals surface area contributed by atoms with Gasteiger partial charge in [0, 0.05) is 25.4 Å². The van der Waals surface area contributed by atoms with Gasteiger partial charge in [-0.3, -0.25) is 0 Å². The van der Waals surface area contributed by atoms with Gasteiger partial charge < -0.3 is 10.2 Å². The van der Waals surface area contributed by atoms with Crippen LogP contribution in [-0.4, -0.2) is 36.1 Å². The molecule has 2 heterocycles. The number of pyridine rings is 1. The van der Waals surface area contributed by atoms with E-state index in [1.165, 1.54) is 12.2 Å². The van der Waals surface area contributed by atoms with Gasteiger partial charge in [0.15, 0.2) is 0 Å². The minimum absolute atomic E-state index is 0.509. The molecule has 1 aliphatic rings. The van der Waals surface area contributed by atoms with Crippen molar-refractivity contribution in [1.29, 1.82) is 0 Å². The predicted molar refractivity (Wildman–Crippen MR) is 87.2 cm³/mol. The Morgan fingerprint density at radius 2 is 2.26 bits per heavy atom. The molecule has 1 saturated heterocycles. The molecule has 1 unspecified atom stereocenters. The van der Waals surface area contributed by atoms with Crippen molar-refractivity contribution < 1.29 is 0 Å². The lowest BCUT2D eigenvalue weighted by Crippen LogP contribution is -2.32. The van der Waals surface area contributed by atoms with Crippen molar-refractivity contribution in [2.75, 3.05) is 35.3 Å². The molecule has 0 radical (unpaired) electrons. The fourth-order valence-corrected chi connectivity index (χ4v) is 3.90. The van der Waals surface area contributed by atoms with E-state index in [2.05, 4.69) is 29.2 Å². The average molecular weight is 320 g/mol. The fourth-order valence-electron chi connectivity index (χ4n) is 2.07. The zero-order chi connectivity index (χ0) is 13.8. The molecule has 19 heavy (non-hydrogen) atoms. The third kappa shape index (κ3) is 3.61. The van der Waals surface area contributed by atoms with Crippen LogP contribution in [0.2, 0.25) is 10.0 Å². The number of nitrogens with one attached hydrogen (secondary N) is 1. The van der Waals surface area contributed by atoms with Gasteiger partial charge in [-0.1, -0.05) is 30.1 Å². The Bertz CT molecular complexity index is 436. The molecule has 0 saturated carbocycles. The molecule has 1 fully saturated rings. The van der Waals surface area contributed by atoms with Gasteiger partial charge in [-0.05, 0) is 24.7 Å². The van der Waals surface area contributed by atoms with Crippen molar-refractivity contribution in [3.63, 3.8) is 0 Å². The number of anilines is 2. The lowest BCUT2D eigenvalue weighted by atomic mass is 10.2. The highest BCUT2D eigenvalue weighted by atomic mass is 35.5. The van der Waals surface area contributed by atoms with E-state index in [1.54, 1.807) is 6.07 Å². The van der Waals surface area contributed by atoms with Gasteiger partial charge >= 0.3 is 0 Å². The summed E-state index contributed by atoms with van der Waals surface area (Å²) in [6.45, 7) is 2.97. The van der Waals surface area contributed by atoms with Crippen LogP contribution in [0.25, 0.3) is 0 Å². The van der Waals surface area contributed by atoms with Gasteiger partial charge in [-0.15, -0.1) is 0 Å². The number of aromatic nitrogens is 1. The Morgan fingerprint density at radius 1 is 1.47 bits per heavy atom. The van der Waals surface area contributed by atoms with Crippen LogP contribution in [0.1, 0.15) is 19.8 Å². The number of halogens is 2. The fraction of sp³-hybridized carbons (Fsp3) is 0.615. The maximum absolute atomic E-state index is 6.29. The molecule has 2 rings (SSSR count). The zero-order valence-electron chi connectivity index (χ0n) is 11.2. The van der Waals surface area contributed by atoms with Gasteiger partial charge in [0.25, 0.3) is 0 Å². The van der Waals surface area contributed by atoms with E-state index < -0.39 is 0 Å². The Labute approximate surface area is 129 Å². The topological polar surface area (TPSA) is 28.2 Å². The van der Waals surface area contributed by atoms with Crippen LogP contribution in [0.3, 0.4) is 0 Å². The molecule has 0 amide bonds. The van der Waals surface area contributed by atoms with E-state index in [4.69, 9.17) is 23.2 Å². The second-order valence-electron chi connectivity index (χ2n) is 4.68. The molecule has 6 heteroatoms. The van der Waals surface area contributed by atoms with Crippen LogP contribution in [0.4, 0.5) is 11.6 Å². The van der Waals surface area contributed by atoms with Crippen LogP contribution >= 0.6 is 35.0 Å². The summed E-state index contributed by atoms with van der Waals surface area (Å²) in [6.07, 6.45) is 2.21. The summed E-state index contributed by atoms with van der Waals surface area (Å²) < 4.78 is 0. The molecular formula is C13H19Cl2N3S. The minimum Gasteiger partial charge on any atom is -0.369 e. The summed E-state index contributed by atoms with van der Waals surface area (Å²) in [4.78, 5) is 6.77. The molecule has 106 valence electrons. The number of hydrogen-bond acceptors (Lipinski definition) is 4. The van der Waals surface area contributed by atoms with Crippen LogP contribution in [0, 0.1) is 0 Å². The molecule has 1 aliphatic heterocycles. The highest BCUT2D eigenvalue weighted by Crippen LogP contribution is 2.34. The van der Waals surface area contributed by atoms with Crippen LogP contribution in [0.5, 0.6) is 0 Å². The highest BCUT2D eigenvalue weighted by molar-refractivity contribution is 7.99. The van der Waals surface area contributed by atoms with E-state index in [0.717, 1.165) is 30.4 Å². The monoisotopic (exact) mass is 319 g/mol. The second kappa shape index (κ2) is 6.91. The van der Waals surface area contributed by atoms with Crippen molar-refractivity contribution in [1.82, 2.24) is 4.98 Å². The van der Waals surface area contributed by atoms with E-state index in [9.17, 15) is 0 Å². The lowest BCUT2D eigenvalue weighted by Gasteiger charge is -2.26. The zero-order valence-corrected chi connectivity index (χ0v) is 13.6. The number of rotatable bonds is 5. The molecule has 0 aromatic carbocycles. The second-order valence-corrected chi connectivity index (χ2v) is 6.64. The number of thioether (sulfide) groups is 1. The molecule has 0 spiro atoms. The largest absolute Gasteiger partial charge is 0.369 e. The minimum atomic E-state index is 0.509. The molecule has 1 atom stereocenters. The Hall–Kier alpha value is -0.320. The standard InChI is InChI=1S/C13H19Cl2N3S/c1-3-5-16-12-10(14)7-11(15)13(17-12)18(2)9-4-6-19-8-9/h7,9H,3-6,8H2,1-2H3,(H,16,17). The molecule has 0 aliphatic carbocycles. The normalized spacial score (nSPS) is 18.6. The van der Waals surface area contributed by atoms with Gasteiger partial charge in [0.1, 0.15) is 11.6 Å².